The molecule has 116 valence electrons. The van der Waals surface area contributed by atoms with Gasteiger partial charge in [0.05, 0.1) is 7.11 Å². The van der Waals surface area contributed by atoms with Gasteiger partial charge in [-0.15, -0.1) is 0 Å². The van der Waals surface area contributed by atoms with E-state index in [0.717, 1.165) is 38.2 Å². The summed E-state index contributed by atoms with van der Waals surface area (Å²) < 4.78 is 5.16. The molecule has 0 spiro atoms. The molecule has 0 unspecified atom stereocenters. The third kappa shape index (κ3) is 4.32. The lowest BCUT2D eigenvalue weighted by atomic mass is 9.78. The molecule has 0 amide bonds. The number of likely N-dealkylation sites (tertiary alicyclic amines) is 1. The molecule has 1 aromatic rings. The van der Waals surface area contributed by atoms with Gasteiger partial charge in [-0.2, -0.15) is 0 Å². The summed E-state index contributed by atoms with van der Waals surface area (Å²) in [6.07, 6.45) is 7.76. The van der Waals surface area contributed by atoms with Crippen LogP contribution in [0.3, 0.4) is 0 Å². The normalized spacial score (nSPS) is 23.6. The molecule has 1 aromatic carbocycles. The van der Waals surface area contributed by atoms with Crippen LogP contribution in [0.1, 0.15) is 31.7 Å². The van der Waals surface area contributed by atoms with E-state index in [1.165, 1.54) is 12.0 Å². The highest BCUT2D eigenvalue weighted by molar-refractivity contribution is 5.50. The van der Waals surface area contributed by atoms with E-state index >= 15 is 0 Å². The van der Waals surface area contributed by atoms with E-state index in [4.69, 9.17) is 4.74 Å². The van der Waals surface area contributed by atoms with Crippen LogP contribution in [0.15, 0.2) is 30.3 Å². The molecule has 1 N–H and O–H groups in total. The fourth-order valence-electron chi connectivity index (χ4n) is 3.05. The highest BCUT2D eigenvalue weighted by Crippen LogP contribution is 2.32. The molecule has 1 aliphatic heterocycles. The second-order valence-electron chi connectivity index (χ2n) is 6.03. The lowest BCUT2D eigenvalue weighted by Crippen LogP contribution is -2.45. The van der Waals surface area contributed by atoms with Gasteiger partial charge < -0.3 is 9.84 Å². The minimum atomic E-state index is 0.117. The molecule has 0 aliphatic carbocycles. The van der Waals surface area contributed by atoms with E-state index < -0.39 is 0 Å². The van der Waals surface area contributed by atoms with Crippen LogP contribution in [0, 0.1) is 5.41 Å². The Balaban J connectivity index is 1.88. The first kappa shape index (κ1) is 16.1. The predicted molar refractivity (Wildman–Crippen MR) is 87.5 cm³/mol. The van der Waals surface area contributed by atoms with Gasteiger partial charge in [-0.05, 0) is 43.5 Å². The van der Waals surface area contributed by atoms with E-state index in [0.29, 0.717) is 6.61 Å². The monoisotopic (exact) mass is 289 g/mol. The molecule has 0 bridgehead atoms. The number of methoxy groups -OCH3 is 1. The Bertz CT molecular complexity index is 449. The van der Waals surface area contributed by atoms with Gasteiger partial charge in [0.1, 0.15) is 5.75 Å². The van der Waals surface area contributed by atoms with E-state index in [2.05, 4.69) is 36.1 Å². The Morgan fingerprint density at radius 3 is 2.71 bits per heavy atom. The second-order valence-corrected chi connectivity index (χ2v) is 6.03. The van der Waals surface area contributed by atoms with Crippen molar-refractivity contribution in [1.82, 2.24) is 4.90 Å². The van der Waals surface area contributed by atoms with Gasteiger partial charge in [0, 0.05) is 25.1 Å². The lowest BCUT2D eigenvalue weighted by Gasteiger charge is -2.41. The molecule has 0 saturated carbocycles. The van der Waals surface area contributed by atoms with Crippen LogP contribution in [-0.2, 0) is 0 Å². The first-order chi connectivity index (χ1) is 10.2. The summed E-state index contributed by atoms with van der Waals surface area (Å²) in [4.78, 5) is 2.45. The summed E-state index contributed by atoms with van der Waals surface area (Å²) in [5.41, 5.74) is 1.31. The summed E-state index contributed by atoms with van der Waals surface area (Å²) in [6, 6.07) is 8.09. The topological polar surface area (TPSA) is 32.7 Å². The Kier molecular flexibility index (Phi) is 5.83. The minimum absolute atomic E-state index is 0.117. The first-order valence-electron chi connectivity index (χ1n) is 7.85. The van der Waals surface area contributed by atoms with E-state index in [1.807, 2.05) is 12.1 Å². The summed E-state index contributed by atoms with van der Waals surface area (Å²) in [6.45, 7) is 5.59. The quantitative estimate of drug-likeness (QED) is 0.873. The van der Waals surface area contributed by atoms with Crippen molar-refractivity contribution < 1.29 is 9.84 Å². The molecule has 1 aliphatic rings. The number of nitrogens with zero attached hydrogens (tertiary/aromatic N) is 1. The van der Waals surface area contributed by atoms with Crippen molar-refractivity contribution in [3.8, 4) is 5.75 Å². The number of hydrogen-bond donors (Lipinski definition) is 1. The van der Waals surface area contributed by atoms with Crippen molar-refractivity contribution in [2.75, 3.05) is 33.4 Å². The van der Waals surface area contributed by atoms with Gasteiger partial charge in [-0.3, -0.25) is 4.90 Å². The maximum atomic E-state index is 9.66. The zero-order valence-corrected chi connectivity index (χ0v) is 13.2. The highest BCUT2D eigenvalue weighted by atomic mass is 16.5. The van der Waals surface area contributed by atoms with E-state index in [1.54, 1.807) is 7.11 Å². The SMILES string of the molecule is CC[C@]1(CO)CCCN(C/C=C/c2ccc(OC)cc2)C1. The van der Waals surface area contributed by atoms with Crippen molar-refractivity contribution in [1.29, 1.82) is 0 Å². The molecule has 0 radical (unpaired) electrons. The highest BCUT2D eigenvalue weighted by Gasteiger charge is 2.32. The molecule has 3 nitrogen and oxygen atoms in total. The average Bonchev–Trinajstić information content (AvgIpc) is 2.55. The smallest absolute Gasteiger partial charge is 0.118 e. The van der Waals surface area contributed by atoms with Gasteiger partial charge in [0.15, 0.2) is 0 Å². The van der Waals surface area contributed by atoms with Crippen LogP contribution < -0.4 is 4.74 Å². The van der Waals surface area contributed by atoms with Crippen LogP contribution >= 0.6 is 0 Å². The van der Waals surface area contributed by atoms with Crippen LogP contribution in [0.5, 0.6) is 5.75 Å². The fourth-order valence-corrected chi connectivity index (χ4v) is 3.05. The van der Waals surface area contributed by atoms with Crippen LogP contribution in [0.4, 0.5) is 0 Å². The lowest BCUT2D eigenvalue weighted by molar-refractivity contribution is 0.0344. The molecular weight excluding hydrogens is 262 g/mol. The summed E-state index contributed by atoms with van der Waals surface area (Å²) in [7, 11) is 1.68. The van der Waals surface area contributed by atoms with Crippen LogP contribution in [0.25, 0.3) is 6.08 Å². The number of aliphatic hydroxyl groups excluding tert-OH is 1. The van der Waals surface area contributed by atoms with Gasteiger partial charge in [0.2, 0.25) is 0 Å². The predicted octanol–water partition coefficient (Wildman–Crippen LogP) is 3.19. The molecule has 2 rings (SSSR count). The van der Waals surface area contributed by atoms with E-state index in [9.17, 15) is 5.11 Å². The number of benzene rings is 1. The summed E-state index contributed by atoms with van der Waals surface area (Å²) >= 11 is 0. The standard InChI is InChI=1S/C18H27NO2/c1-3-18(15-20)11-5-13-19(14-18)12-4-6-16-7-9-17(21-2)10-8-16/h4,6-10,20H,3,5,11-15H2,1-2H3/b6-4+/t18-/m0/s1. The number of hydrogen-bond acceptors (Lipinski definition) is 3. The van der Waals surface area contributed by atoms with Crippen molar-refractivity contribution in [3.63, 3.8) is 0 Å². The van der Waals surface area contributed by atoms with Crippen molar-refractivity contribution >= 4 is 6.08 Å². The van der Waals surface area contributed by atoms with E-state index in [-0.39, 0.29) is 5.41 Å². The van der Waals surface area contributed by atoms with Crippen molar-refractivity contribution in [2.24, 2.45) is 5.41 Å². The molecule has 0 aromatic heterocycles. The molecule has 21 heavy (non-hydrogen) atoms. The molecular formula is C18H27NO2. The minimum Gasteiger partial charge on any atom is -0.497 e. The van der Waals surface area contributed by atoms with Gasteiger partial charge in [-0.25, -0.2) is 0 Å². The second kappa shape index (κ2) is 7.62. The van der Waals surface area contributed by atoms with Gasteiger partial charge >= 0.3 is 0 Å². The van der Waals surface area contributed by atoms with Crippen LogP contribution in [0.2, 0.25) is 0 Å². The Morgan fingerprint density at radius 2 is 2.10 bits per heavy atom. The third-order valence-electron chi connectivity index (χ3n) is 4.62. The zero-order chi connectivity index (χ0) is 15.1. The third-order valence-corrected chi connectivity index (χ3v) is 4.62. The Labute approximate surface area is 128 Å². The Hall–Kier alpha value is -1.32. The fraction of sp³-hybridized carbons (Fsp3) is 0.556. The molecule has 1 atom stereocenters. The maximum Gasteiger partial charge on any atom is 0.118 e. The molecule has 3 heteroatoms. The van der Waals surface area contributed by atoms with Crippen LogP contribution in [-0.4, -0.2) is 43.4 Å². The van der Waals surface area contributed by atoms with Crippen molar-refractivity contribution in [3.05, 3.63) is 35.9 Å². The maximum absolute atomic E-state index is 9.66. The first-order valence-corrected chi connectivity index (χ1v) is 7.85. The Morgan fingerprint density at radius 1 is 1.33 bits per heavy atom. The largest absolute Gasteiger partial charge is 0.497 e. The average molecular weight is 289 g/mol. The number of piperidine rings is 1. The summed E-state index contributed by atoms with van der Waals surface area (Å²) in [5, 5.41) is 9.66. The number of ether oxygens (including phenoxy) is 1. The van der Waals surface area contributed by atoms with Gasteiger partial charge in [-0.1, -0.05) is 31.2 Å². The molecule has 1 heterocycles. The molecule has 1 saturated heterocycles. The van der Waals surface area contributed by atoms with Crippen molar-refractivity contribution in [2.45, 2.75) is 26.2 Å². The zero-order valence-electron chi connectivity index (χ0n) is 13.2. The number of rotatable bonds is 6. The summed E-state index contributed by atoms with van der Waals surface area (Å²) in [5.74, 6) is 0.888. The number of aliphatic hydroxyl groups is 1. The van der Waals surface area contributed by atoms with Gasteiger partial charge in [0.25, 0.3) is 0 Å². The molecule has 1 fully saturated rings.